The van der Waals surface area contributed by atoms with E-state index < -0.39 is 0 Å². The Morgan fingerprint density at radius 2 is 1.81 bits per heavy atom. The molecule has 0 unspecified atom stereocenters. The number of anilines is 1. The van der Waals surface area contributed by atoms with Gasteiger partial charge in [0.25, 0.3) is 0 Å². The van der Waals surface area contributed by atoms with Crippen molar-refractivity contribution in [2.24, 2.45) is 4.99 Å². The highest BCUT2D eigenvalue weighted by Gasteiger charge is 2.21. The second-order valence-electron chi connectivity index (χ2n) is 5.90. The second-order valence-corrected chi connectivity index (χ2v) is 6.30. The molecule has 132 valence electrons. The number of benzene rings is 2. The SMILES string of the molecule is O=C=Nc1ccc(N2CCN(C(=O)C=Cc3ccccc3)CC2)c(Cl)c1. The monoisotopic (exact) mass is 367 g/mol. The average molecular weight is 368 g/mol. The third-order valence-corrected chi connectivity index (χ3v) is 4.56. The third-order valence-electron chi connectivity index (χ3n) is 4.26. The van der Waals surface area contributed by atoms with Crippen LogP contribution in [0.1, 0.15) is 5.56 Å². The van der Waals surface area contributed by atoms with Crippen molar-refractivity contribution >= 4 is 41.0 Å². The molecule has 0 N–H and O–H groups in total. The van der Waals surface area contributed by atoms with Crippen molar-refractivity contribution in [3.8, 4) is 0 Å². The zero-order chi connectivity index (χ0) is 18.4. The number of amides is 1. The van der Waals surface area contributed by atoms with Crippen LogP contribution in [0.2, 0.25) is 5.02 Å². The lowest BCUT2D eigenvalue weighted by Gasteiger charge is -2.36. The van der Waals surface area contributed by atoms with E-state index in [9.17, 15) is 9.59 Å². The molecule has 0 aromatic heterocycles. The zero-order valence-corrected chi connectivity index (χ0v) is 14.9. The first-order chi connectivity index (χ1) is 12.7. The van der Waals surface area contributed by atoms with Crippen molar-refractivity contribution in [1.82, 2.24) is 4.90 Å². The molecule has 0 bridgehead atoms. The first kappa shape index (κ1) is 17.9. The minimum Gasteiger partial charge on any atom is -0.367 e. The fourth-order valence-electron chi connectivity index (χ4n) is 2.88. The van der Waals surface area contributed by atoms with Crippen LogP contribution in [0.15, 0.2) is 59.6 Å². The normalized spacial score (nSPS) is 14.3. The fraction of sp³-hybridized carbons (Fsp3) is 0.200. The van der Waals surface area contributed by atoms with Crippen molar-refractivity contribution in [2.75, 3.05) is 31.1 Å². The van der Waals surface area contributed by atoms with Crippen LogP contribution in [0.5, 0.6) is 0 Å². The van der Waals surface area contributed by atoms with Crippen LogP contribution >= 0.6 is 11.6 Å². The third kappa shape index (κ3) is 4.39. The van der Waals surface area contributed by atoms with Crippen molar-refractivity contribution in [2.45, 2.75) is 0 Å². The highest BCUT2D eigenvalue weighted by Crippen LogP contribution is 2.30. The average Bonchev–Trinajstić information content (AvgIpc) is 2.67. The molecule has 2 aromatic carbocycles. The number of hydrogen-bond acceptors (Lipinski definition) is 4. The molecule has 5 nitrogen and oxygen atoms in total. The molecule has 2 aromatic rings. The van der Waals surface area contributed by atoms with E-state index in [1.807, 2.05) is 47.4 Å². The lowest BCUT2D eigenvalue weighted by Crippen LogP contribution is -2.48. The van der Waals surface area contributed by atoms with Gasteiger partial charge in [-0.25, -0.2) is 4.79 Å². The lowest BCUT2D eigenvalue weighted by molar-refractivity contribution is -0.126. The largest absolute Gasteiger partial charge is 0.367 e. The van der Waals surface area contributed by atoms with Crippen molar-refractivity contribution in [3.05, 3.63) is 65.2 Å². The Bertz CT molecular complexity index is 853. The minimum absolute atomic E-state index is 0.00951. The van der Waals surface area contributed by atoms with Gasteiger partial charge in [-0.2, -0.15) is 4.99 Å². The summed E-state index contributed by atoms with van der Waals surface area (Å²) in [6, 6.07) is 15.0. The fourth-order valence-corrected chi connectivity index (χ4v) is 3.17. The van der Waals surface area contributed by atoms with Crippen LogP contribution in [-0.4, -0.2) is 43.1 Å². The van der Waals surface area contributed by atoms with Crippen LogP contribution in [0.4, 0.5) is 11.4 Å². The van der Waals surface area contributed by atoms with E-state index in [0.717, 1.165) is 11.3 Å². The number of carbonyl (C=O) groups excluding carboxylic acids is 2. The standard InChI is InChI=1S/C20H18ClN3O2/c21-18-14-17(22-15-25)7-8-19(18)23-10-12-24(13-11-23)20(26)9-6-16-4-2-1-3-5-16/h1-9,14H,10-13H2. The molecule has 6 heteroatoms. The summed E-state index contributed by atoms with van der Waals surface area (Å²) in [6.45, 7) is 2.65. The summed E-state index contributed by atoms with van der Waals surface area (Å²) < 4.78 is 0. The lowest BCUT2D eigenvalue weighted by atomic mass is 10.2. The van der Waals surface area contributed by atoms with Gasteiger partial charge in [0.1, 0.15) is 0 Å². The van der Waals surface area contributed by atoms with E-state index >= 15 is 0 Å². The van der Waals surface area contributed by atoms with Gasteiger partial charge >= 0.3 is 0 Å². The van der Waals surface area contributed by atoms with Crippen molar-refractivity contribution in [3.63, 3.8) is 0 Å². The van der Waals surface area contributed by atoms with E-state index in [4.69, 9.17) is 11.6 Å². The second kappa shape index (κ2) is 8.48. The van der Waals surface area contributed by atoms with E-state index in [1.165, 1.54) is 6.08 Å². The number of hydrogen-bond donors (Lipinski definition) is 0. The molecule has 26 heavy (non-hydrogen) atoms. The Kier molecular flexibility index (Phi) is 5.84. The number of piperazine rings is 1. The molecular weight excluding hydrogens is 350 g/mol. The summed E-state index contributed by atoms with van der Waals surface area (Å²) >= 11 is 6.29. The first-order valence-corrected chi connectivity index (χ1v) is 8.69. The summed E-state index contributed by atoms with van der Waals surface area (Å²) in [5, 5.41) is 0.533. The molecule has 0 saturated carbocycles. The topological polar surface area (TPSA) is 53.0 Å². The zero-order valence-electron chi connectivity index (χ0n) is 14.1. The predicted molar refractivity (Wildman–Crippen MR) is 104 cm³/mol. The Labute approximate surface area is 157 Å². The van der Waals surface area contributed by atoms with Gasteiger partial charge in [-0.05, 0) is 29.8 Å². The molecule has 0 atom stereocenters. The van der Waals surface area contributed by atoms with E-state index in [1.54, 1.807) is 18.2 Å². The molecule has 1 aliphatic rings. The van der Waals surface area contributed by atoms with Crippen molar-refractivity contribution < 1.29 is 9.59 Å². The van der Waals surface area contributed by atoms with Crippen LogP contribution < -0.4 is 4.90 Å². The number of rotatable bonds is 4. The van der Waals surface area contributed by atoms with Crippen LogP contribution in [-0.2, 0) is 9.59 Å². The highest BCUT2D eigenvalue weighted by molar-refractivity contribution is 6.33. The van der Waals surface area contributed by atoms with E-state index in [-0.39, 0.29) is 5.91 Å². The molecule has 0 spiro atoms. The summed E-state index contributed by atoms with van der Waals surface area (Å²) in [5.41, 5.74) is 2.36. The maximum atomic E-state index is 12.3. The summed E-state index contributed by atoms with van der Waals surface area (Å²) in [6.07, 6.45) is 4.95. The van der Waals surface area contributed by atoms with E-state index in [0.29, 0.717) is 36.9 Å². The van der Waals surface area contributed by atoms with Gasteiger partial charge in [0.05, 0.1) is 16.4 Å². The van der Waals surface area contributed by atoms with Crippen molar-refractivity contribution in [1.29, 1.82) is 0 Å². The molecule has 0 aliphatic carbocycles. The first-order valence-electron chi connectivity index (χ1n) is 8.32. The minimum atomic E-state index is 0.00951. The molecule has 1 heterocycles. The molecular formula is C20H18ClN3O2. The molecule has 1 amide bonds. The molecule has 3 rings (SSSR count). The van der Waals surface area contributed by atoms with Gasteiger partial charge in [0.2, 0.25) is 12.0 Å². The van der Waals surface area contributed by atoms with Gasteiger partial charge in [-0.1, -0.05) is 41.9 Å². The quantitative estimate of drug-likeness (QED) is 0.470. The van der Waals surface area contributed by atoms with Gasteiger partial charge in [0, 0.05) is 32.3 Å². The Morgan fingerprint density at radius 1 is 1.08 bits per heavy atom. The number of aliphatic imine (C=N–C) groups is 1. The Balaban J connectivity index is 1.59. The van der Waals surface area contributed by atoms with Gasteiger partial charge in [0.15, 0.2) is 0 Å². The summed E-state index contributed by atoms with van der Waals surface area (Å²) in [5.74, 6) is 0.00951. The maximum Gasteiger partial charge on any atom is 0.246 e. The summed E-state index contributed by atoms with van der Waals surface area (Å²) in [7, 11) is 0. The highest BCUT2D eigenvalue weighted by atomic mass is 35.5. The molecule has 0 radical (unpaired) electrons. The molecule has 1 fully saturated rings. The number of carbonyl (C=O) groups is 1. The van der Waals surface area contributed by atoms with Gasteiger partial charge < -0.3 is 9.80 Å². The number of nitrogens with zero attached hydrogens (tertiary/aromatic N) is 3. The number of isocyanates is 1. The smallest absolute Gasteiger partial charge is 0.246 e. The Morgan fingerprint density at radius 3 is 2.46 bits per heavy atom. The van der Waals surface area contributed by atoms with Crippen LogP contribution in [0.25, 0.3) is 6.08 Å². The van der Waals surface area contributed by atoms with Crippen LogP contribution in [0.3, 0.4) is 0 Å². The van der Waals surface area contributed by atoms with Crippen LogP contribution in [0, 0.1) is 0 Å². The van der Waals surface area contributed by atoms with E-state index in [2.05, 4.69) is 9.89 Å². The summed E-state index contributed by atoms with van der Waals surface area (Å²) in [4.78, 5) is 30.2. The number of halogens is 1. The Hall–Kier alpha value is -2.88. The van der Waals surface area contributed by atoms with Gasteiger partial charge in [-0.15, -0.1) is 0 Å². The molecule has 1 saturated heterocycles. The van der Waals surface area contributed by atoms with Gasteiger partial charge in [-0.3, -0.25) is 4.79 Å². The molecule has 1 aliphatic heterocycles. The predicted octanol–water partition coefficient (Wildman–Crippen LogP) is 3.67. The maximum absolute atomic E-state index is 12.3.